The van der Waals surface area contributed by atoms with Crippen molar-refractivity contribution in [3.05, 3.63) is 0 Å². The van der Waals surface area contributed by atoms with Crippen molar-refractivity contribution in [1.29, 1.82) is 0 Å². The fourth-order valence-corrected chi connectivity index (χ4v) is 0.479. The predicted octanol–water partition coefficient (Wildman–Crippen LogP) is 2.93. The first-order valence-electron chi connectivity index (χ1n) is 3.30. The maximum Gasteiger partial charge on any atom is 0.400 e. The van der Waals surface area contributed by atoms with Gasteiger partial charge in [0.05, 0.1) is 6.61 Å². The summed E-state index contributed by atoms with van der Waals surface area (Å²) >= 11 is 4.51. The molecule has 0 aromatic carbocycles. The summed E-state index contributed by atoms with van der Waals surface area (Å²) in [6.07, 6.45) is -2.66. The van der Waals surface area contributed by atoms with Crippen molar-refractivity contribution in [1.82, 2.24) is 0 Å². The van der Waals surface area contributed by atoms with Crippen LogP contribution in [-0.4, -0.2) is 18.3 Å². The van der Waals surface area contributed by atoms with E-state index >= 15 is 0 Å². The minimum Gasteiger partial charge on any atom is -0.317 e. The molecule has 0 aliphatic heterocycles. The van der Waals surface area contributed by atoms with Gasteiger partial charge in [-0.05, 0) is 6.42 Å². The molecule has 0 radical (unpaired) electrons. The standard InChI is InChI=1S/C6H10ClF3O/c1-2-3-4-11-6(9,10)5(7)8/h5H,2-4H2,1H3. The van der Waals surface area contributed by atoms with E-state index in [2.05, 4.69) is 16.3 Å². The summed E-state index contributed by atoms with van der Waals surface area (Å²) in [5.41, 5.74) is -2.76. The van der Waals surface area contributed by atoms with Crippen LogP contribution in [0.15, 0.2) is 0 Å². The fraction of sp³-hybridized carbons (Fsp3) is 1.00. The normalized spacial score (nSPS) is 15.0. The molecule has 0 heterocycles. The third kappa shape index (κ3) is 4.48. The van der Waals surface area contributed by atoms with Crippen molar-refractivity contribution >= 4 is 11.6 Å². The van der Waals surface area contributed by atoms with E-state index < -0.39 is 11.7 Å². The Morgan fingerprint density at radius 1 is 1.55 bits per heavy atom. The summed E-state index contributed by atoms with van der Waals surface area (Å²) in [5, 5.41) is 0. The second-order valence-corrected chi connectivity index (χ2v) is 2.45. The average Bonchev–Trinajstić information content (AvgIpc) is 1.88. The summed E-state index contributed by atoms with van der Waals surface area (Å²) in [7, 11) is 0. The van der Waals surface area contributed by atoms with Gasteiger partial charge >= 0.3 is 6.11 Å². The Labute approximate surface area is 68.5 Å². The fourth-order valence-electron chi connectivity index (χ4n) is 0.416. The zero-order valence-electron chi connectivity index (χ0n) is 6.12. The summed E-state index contributed by atoms with van der Waals surface area (Å²) < 4.78 is 40.0. The smallest absolute Gasteiger partial charge is 0.317 e. The lowest BCUT2D eigenvalue weighted by atomic mass is 10.4. The zero-order chi connectivity index (χ0) is 8.91. The van der Waals surface area contributed by atoms with E-state index in [-0.39, 0.29) is 6.61 Å². The number of rotatable bonds is 5. The molecule has 0 aliphatic rings. The van der Waals surface area contributed by atoms with Crippen LogP contribution in [0.3, 0.4) is 0 Å². The molecule has 0 aromatic heterocycles. The van der Waals surface area contributed by atoms with E-state index in [1.165, 1.54) is 0 Å². The van der Waals surface area contributed by atoms with E-state index in [1.54, 1.807) is 0 Å². The van der Waals surface area contributed by atoms with E-state index in [9.17, 15) is 13.2 Å². The van der Waals surface area contributed by atoms with Crippen LogP contribution in [0.4, 0.5) is 13.2 Å². The van der Waals surface area contributed by atoms with Crippen LogP contribution in [0.5, 0.6) is 0 Å². The molecule has 5 heteroatoms. The molecule has 0 amide bonds. The second-order valence-electron chi connectivity index (χ2n) is 2.06. The van der Waals surface area contributed by atoms with Crippen LogP contribution in [0.1, 0.15) is 19.8 Å². The van der Waals surface area contributed by atoms with Gasteiger partial charge in [-0.25, -0.2) is 4.39 Å². The van der Waals surface area contributed by atoms with Crippen molar-refractivity contribution in [2.45, 2.75) is 31.5 Å². The Balaban J connectivity index is 3.55. The van der Waals surface area contributed by atoms with Gasteiger partial charge in [-0.15, -0.1) is 0 Å². The van der Waals surface area contributed by atoms with Crippen LogP contribution in [0.2, 0.25) is 0 Å². The van der Waals surface area contributed by atoms with E-state index in [4.69, 9.17) is 0 Å². The van der Waals surface area contributed by atoms with Crippen LogP contribution in [0, 0.1) is 0 Å². The van der Waals surface area contributed by atoms with Crippen molar-refractivity contribution in [2.24, 2.45) is 0 Å². The minimum atomic E-state index is -3.85. The van der Waals surface area contributed by atoms with Gasteiger partial charge in [-0.3, -0.25) is 0 Å². The maximum atomic E-state index is 12.1. The molecule has 1 atom stereocenters. The molecule has 0 aliphatic carbocycles. The van der Waals surface area contributed by atoms with Crippen LogP contribution < -0.4 is 0 Å². The van der Waals surface area contributed by atoms with Crippen molar-refractivity contribution in [2.75, 3.05) is 6.61 Å². The highest BCUT2D eigenvalue weighted by Crippen LogP contribution is 2.25. The van der Waals surface area contributed by atoms with E-state index in [0.717, 1.165) is 6.42 Å². The van der Waals surface area contributed by atoms with E-state index in [0.29, 0.717) is 6.42 Å². The minimum absolute atomic E-state index is 0.170. The first-order chi connectivity index (χ1) is 5.00. The summed E-state index contributed by atoms with van der Waals surface area (Å²) in [5.74, 6) is 0. The predicted molar refractivity (Wildman–Crippen MR) is 36.6 cm³/mol. The molecular formula is C6H10ClF3O. The average molecular weight is 191 g/mol. The van der Waals surface area contributed by atoms with Gasteiger partial charge in [-0.1, -0.05) is 24.9 Å². The SMILES string of the molecule is CCCCOC(F)(F)C(F)Cl. The topological polar surface area (TPSA) is 9.23 Å². The van der Waals surface area contributed by atoms with Gasteiger partial charge in [0.1, 0.15) is 0 Å². The molecule has 11 heavy (non-hydrogen) atoms. The zero-order valence-corrected chi connectivity index (χ0v) is 6.87. The molecule has 0 spiro atoms. The Hall–Kier alpha value is 0.0400. The van der Waals surface area contributed by atoms with Crippen molar-refractivity contribution in [3.63, 3.8) is 0 Å². The van der Waals surface area contributed by atoms with Crippen molar-refractivity contribution in [3.8, 4) is 0 Å². The first kappa shape index (κ1) is 11.0. The lowest BCUT2D eigenvalue weighted by molar-refractivity contribution is -0.256. The molecule has 0 saturated heterocycles. The lowest BCUT2D eigenvalue weighted by Crippen LogP contribution is -2.29. The highest BCUT2D eigenvalue weighted by atomic mass is 35.5. The molecule has 68 valence electrons. The van der Waals surface area contributed by atoms with Gasteiger partial charge in [-0.2, -0.15) is 8.78 Å². The number of alkyl halides is 4. The molecule has 1 unspecified atom stereocenters. The van der Waals surface area contributed by atoms with Gasteiger partial charge in [0.15, 0.2) is 0 Å². The molecule has 1 nitrogen and oxygen atoms in total. The molecule has 0 fully saturated rings. The lowest BCUT2D eigenvalue weighted by Gasteiger charge is -2.15. The molecule has 0 saturated carbocycles. The molecule has 0 rings (SSSR count). The molecular weight excluding hydrogens is 181 g/mol. The molecule has 0 bridgehead atoms. The Morgan fingerprint density at radius 2 is 2.09 bits per heavy atom. The van der Waals surface area contributed by atoms with Crippen LogP contribution in [-0.2, 0) is 4.74 Å². The summed E-state index contributed by atoms with van der Waals surface area (Å²) in [6, 6.07) is 0. The third-order valence-electron chi connectivity index (χ3n) is 1.05. The van der Waals surface area contributed by atoms with Crippen molar-refractivity contribution < 1.29 is 17.9 Å². The summed E-state index contributed by atoms with van der Waals surface area (Å²) in [4.78, 5) is 0. The first-order valence-corrected chi connectivity index (χ1v) is 3.74. The number of hydrogen-bond donors (Lipinski definition) is 0. The largest absolute Gasteiger partial charge is 0.400 e. The Morgan fingerprint density at radius 3 is 2.45 bits per heavy atom. The van der Waals surface area contributed by atoms with Gasteiger partial charge in [0.2, 0.25) is 0 Å². The van der Waals surface area contributed by atoms with Gasteiger partial charge in [0, 0.05) is 0 Å². The number of hydrogen-bond acceptors (Lipinski definition) is 1. The van der Waals surface area contributed by atoms with Gasteiger partial charge < -0.3 is 4.74 Å². The Kier molecular flexibility index (Phi) is 4.84. The monoisotopic (exact) mass is 190 g/mol. The van der Waals surface area contributed by atoms with Crippen LogP contribution >= 0.6 is 11.6 Å². The van der Waals surface area contributed by atoms with Crippen LogP contribution in [0.25, 0.3) is 0 Å². The highest BCUT2D eigenvalue weighted by molar-refractivity contribution is 6.20. The van der Waals surface area contributed by atoms with E-state index in [1.807, 2.05) is 6.92 Å². The molecule has 0 aromatic rings. The second kappa shape index (κ2) is 4.83. The number of ether oxygens (including phenoxy) is 1. The number of unbranched alkanes of at least 4 members (excludes halogenated alkanes) is 1. The Bertz CT molecular complexity index is 108. The maximum absolute atomic E-state index is 12.1. The quantitative estimate of drug-likeness (QED) is 0.479. The molecule has 0 N–H and O–H groups in total. The third-order valence-corrected chi connectivity index (χ3v) is 1.30. The number of halogens is 4. The highest BCUT2D eigenvalue weighted by Gasteiger charge is 2.39. The summed E-state index contributed by atoms with van der Waals surface area (Å²) in [6.45, 7) is 1.64. The van der Waals surface area contributed by atoms with Gasteiger partial charge in [0.25, 0.3) is 5.63 Å².